The first-order valence-corrected chi connectivity index (χ1v) is 8.33. The van der Waals surface area contributed by atoms with Crippen LogP contribution in [0.3, 0.4) is 0 Å². The highest BCUT2D eigenvalue weighted by atomic mass is 16.5. The zero-order valence-corrected chi connectivity index (χ0v) is 14.7. The molecule has 8 heteroatoms. The first kappa shape index (κ1) is 17.2. The van der Waals surface area contributed by atoms with Gasteiger partial charge in [-0.2, -0.15) is 0 Å². The summed E-state index contributed by atoms with van der Waals surface area (Å²) in [5.41, 5.74) is 1.31. The molecule has 0 radical (unpaired) electrons. The van der Waals surface area contributed by atoms with Crippen molar-refractivity contribution in [2.24, 2.45) is 0 Å². The SMILES string of the molecule is Cc1cc(CNC(=O)Nc2ccc(N3C[C@@H](C)O[C@H](C)C3)nc2)no1. The second-order valence-corrected chi connectivity index (χ2v) is 6.30. The number of hydrogen-bond donors (Lipinski definition) is 2. The van der Waals surface area contributed by atoms with Crippen LogP contribution in [0.25, 0.3) is 0 Å². The number of anilines is 2. The summed E-state index contributed by atoms with van der Waals surface area (Å²) in [5, 5.41) is 9.30. The van der Waals surface area contributed by atoms with E-state index < -0.39 is 0 Å². The van der Waals surface area contributed by atoms with Crippen molar-refractivity contribution >= 4 is 17.5 Å². The molecule has 2 atom stereocenters. The maximum atomic E-state index is 11.9. The molecule has 0 aliphatic carbocycles. The molecule has 0 bridgehead atoms. The summed E-state index contributed by atoms with van der Waals surface area (Å²) in [6, 6.07) is 5.21. The molecule has 0 unspecified atom stereocenters. The minimum atomic E-state index is -0.316. The summed E-state index contributed by atoms with van der Waals surface area (Å²) in [6.45, 7) is 7.83. The number of urea groups is 1. The van der Waals surface area contributed by atoms with E-state index in [0.29, 0.717) is 23.7 Å². The number of pyridine rings is 1. The number of aromatic nitrogens is 2. The average molecular weight is 345 g/mol. The van der Waals surface area contributed by atoms with E-state index in [1.165, 1.54) is 0 Å². The van der Waals surface area contributed by atoms with Gasteiger partial charge in [-0.3, -0.25) is 0 Å². The third-order valence-corrected chi connectivity index (χ3v) is 3.86. The maximum absolute atomic E-state index is 11.9. The summed E-state index contributed by atoms with van der Waals surface area (Å²) in [4.78, 5) is 18.6. The van der Waals surface area contributed by atoms with Gasteiger partial charge in [0.05, 0.1) is 30.6 Å². The molecule has 2 N–H and O–H groups in total. The Hall–Kier alpha value is -2.61. The number of aryl methyl sites for hydroxylation is 1. The highest BCUT2D eigenvalue weighted by molar-refractivity contribution is 5.89. The van der Waals surface area contributed by atoms with Gasteiger partial charge in [-0.1, -0.05) is 5.16 Å². The normalized spacial score (nSPS) is 20.4. The average Bonchev–Trinajstić information content (AvgIpc) is 2.98. The second-order valence-electron chi connectivity index (χ2n) is 6.30. The number of hydrogen-bond acceptors (Lipinski definition) is 6. The first-order chi connectivity index (χ1) is 12.0. The molecule has 2 amide bonds. The lowest BCUT2D eigenvalue weighted by molar-refractivity contribution is -0.00545. The zero-order chi connectivity index (χ0) is 17.8. The fourth-order valence-corrected chi connectivity index (χ4v) is 2.86. The highest BCUT2D eigenvalue weighted by Crippen LogP contribution is 2.19. The van der Waals surface area contributed by atoms with Crippen molar-refractivity contribution in [1.82, 2.24) is 15.5 Å². The van der Waals surface area contributed by atoms with Gasteiger partial charge in [0.15, 0.2) is 0 Å². The van der Waals surface area contributed by atoms with Crippen LogP contribution in [0.2, 0.25) is 0 Å². The number of morpholine rings is 1. The van der Waals surface area contributed by atoms with Crippen molar-refractivity contribution in [2.75, 3.05) is 23.3 Å². The first-order valence-electron chi connectivity index (χ1n) is 8.33. The van der Waals surface area contributed by atoms with E-state index in [1.54, 1.807) is 19.2 Å². The fourth-order valence-electron chi connectivity index (χ4n) is 2.86. The van der Waals surface area contributed by atoms with Crippen LogP contribution in [0.5, 0.6) is 0 Å². The standard InChI is InChI=1S/C17H23N5O3/c1-11-6-15(21-25-11)8-19-17(23)20-14-4-5-16(18-7-14)22-9-12(2)24-13(3)10-22/h4-7,12-13H,8-10H2,1-3H3,(H2,19,20,23)/t12-,13-/m1/s1. The minimum Gasteiger partial charge on any atom is -0.372 e. The van der Waals surface area contributed by atoms with Gasteiger partial charge in [0.1, 0.15) is 17.3 Å². The molecule has 1 aliphatic heterocycles. The molecule has 0 spiro atoms. The van der Waals surface area contributed by atoms with Gasteiger partial charge in [-0.15, -0.1) is 0 Å². The lowest BCUT2D eigenvalue weighted by Crippen LogP contribution is -2.45. The largest absolute Gasteiger partial charge is 0.372 e. The van der Waals surface area contributed by atoms with Crippen LogP contribution in [0.4, 0.5) is 16.3 Å². The van der Waals surface area contributed by atoms with Crippen molar-refractivity contribution in [3.8, 4) is 0 Å². The summed E-state index contributed by atoms with van der Waals surface area (Å²) >= 11 is 0. The lowest BCUT2D eigenvalue weighted by Gasteiger charge is -2.36. The number of nitrogens with zero attached hydrogens (tertiary/aromatic N) is 3. The third kappa shape index (κ3) is 4.69. The lowest BCUT2D eigenvalue weighted by atomic mass is 10.2. The summed E-state index contributed by atoms with van der Waals surface area (Å²) in [6.07, 6.45) is 2.00. The van der Waals surface area contributed by atoms with Crippen LogP contribution in [0.1, 0.15) is 25.3 Å². The predicted molar refractivity (Wildman–Crippen MR) is 93.6 cm³/mol. The summed E-state index contributed by atoms with van der Waals surface area (Å²) in [5.74, 6) is 1.59. The Kier molecular flexibility index (Phi) is 5.18. The van der Waals surface area contributed by atoms with Crippen LogP contribution in [0.15, 0.2) is 28.9 Å². The van der Waals surface area contributed by atoms with Gasteiger partial charge in [-0.05, 0) is 32.9 Å². The van der Waals surface area contributed by atoms with Crippen LogP contribution >= 0.6 is 0 Å². The Morgan fingerprint density at radius 2 is 2.08 bits per heavy atom. The number of rotatable bonds is 4. The van der Waals surface area contributed by atoms with Crippen molar-refractivity contribution in [1.29, 1.82) is 0 Å². The summed E-state index contributed by atoms with van der Waals surface area (Å²) < 4.78 is 10.7. The minimum absolute atomic E-state index is 0.175. The molecule has 2 aromatic heterocycles. The van der Waals surface area contributed by atoms with Gasteiger partial charge in [0, 0.05) is 19.2 Å². The predicted octanol–water partition coefficient (Wildman–Crippen LogP) is 2.31. The molecule has 1 aliphatic rings. The number of nitrogens with one attached hydrogen (secondary N) is 2. The van der Waals surface area contributed by atoms with Crippen LogP contribution in [0, 0.1) is 6.92 Å². The third-order valence-electron chi connectivity index (χ3n) is 3.86. The smallest absolute Gasteiger partial charge is 0.319 e. The molecule has 0 aromatic carbocycles. The van der Waals surface area contributed by atoms with E-state index in [1.807, 2.05) is 12.1 Å². The Morgan fingerprint density at radius 1 is 1.32 bits per heavy atom. The van der Waals surface area contributed by atoms with Gasteiger partial charge >= 0.3 is 6.03 Å². The van der Waals surface area contributed by atoms with E-state index in [9.17, 15) is 4.79 Å². The molecule has 134 valence electrons. The van der Waals surface area contributed by atoms with E-state index >= 15 is 0 Å². The molecule has 2 aromatic rings. The highest BCUT2D eigenvalue weighted by Gasteiger charge is 2.23. The van der Waals surface area contributed by atoms with Gasteiger partial charge in [0.25, 0.3) is 0 Å². The molecule has 1 fully saturated rings. The quantitative estimate of drug-likeness (QED) is 0.883. The van der Waals surface area contributed by atoms with E-state index in [0.717, 1.165) is 18.9 Å². The Morgan fingerprint density at radius 3 is 2.68 bits per heavy atom. The maximum Gasteiger partial charge on any atom is 0.319 e. The van der Waals surface area contributed by atoms with Crippen molar-refractivity contribution in [3.05, 3.63) is 35.9 Å². The van der Waals surface area contributed by atoms with Crippen LogP contribution in [-0.2, 0) is 11.3 Å². The van der Waals surface area contributed by atoms with E-state index in [2.05, 4.69) is 39.5 Å². The van der Waals surface area contributed by atoms with Crippen molar-refractivity contribution < 1.29 is 14.1 Å². The second kappa shape index (κ2) is 7.52. The Labute approximate surface area is 146 Å². The number of ether oxygens (including phenoxy) is 1. The number of carbonyl (C=O) groups is 1. The molecule has 0 saturated carbocycles. The van der Waals surface area contributed by atoms with Crippen molar-refractivity contribution in [3.63, 3.8) is 0 Å². The van der Waals surface area contributed by atoms with Crippen LogP contribution in [-0.4, -0.2) is 41.5 Å². The monoisotopic (exact) mass is 345 g/mol. The number of amides is 2. The molecular weight excluding hydrogens is 322 g/mol. The van der Waals surface area contributed by atoms with Crippen LogP contribution < -0.4 is 15.5 Å². The molecule has 25 heavy (non-hydrogen) atoms. The summed E-state index contributed by atoms with van der Waals surface area (Å²) in [7, 11) is 0. The number of carbonyl (C=O) groups excluding carboxylic acids is 1. The van der Waals surface area contributed by atoms with E-state index in [-0.39, 0.29) is 18.2 Å². The fraction of sp³-hybridized carbons (Fsp3) is 0.471. The molecular formula is C17H23N5O3. The van der Waals surface area contributed by atoms with E-state index in [4.69, 9.17) is 9.26 Å². The molecule has 3 rings (SSSR count). The molecule has 1 saturated heterocycles. The molecule has 3 heterocycles. The van der Waals surface area contributed by atoms with Gasteiger partial charge < -0.3 is 24.8 Å². The Balaban J connectivity index is 1.52. The van der Waals surface area contributed by atoms with Gasteiger partial charge in [0.2, 0.25) is 0 Å². The van der Waals surface area contributed by atoms with Gasteiger partial charge in [-0.25, -0.2) is 9.78 Å². The Bertz CT molecular complexity index is 705. The zero-order valence-electron chi connectivity index (χ0n) is 14.7. The topological polar surface area (TPSA) is 92.5 Å². The molecule has 8 nitrogen and oxygen atoms in total. The van der Waals surface area contributed by atoms with Crippen molar-refractivity contribution in [2.45, 2.75) is 39.5 Å².